The third-order valence-corrected chi connectivity index (χ3v) is 1.39. The Hall–Kier alpha value is -1.07. The van der Waals surface area contributed by atoms with Crippen molar-refractivity contribution in [3.8, 4) is 6.07 Å². The normalized spacial score (nSPS) is 18.4. The summed E-state index contributed by atoms with van der Waals surface area (Å²) < 4.78 is 36.0. The average Bonchev–Trinajstić information content (AvgIpc) is 2.15. The number of rotatable bonds is 1. The lowest BCUT2D eigenvalue weighted by molar-refractivity contribution is 1.03. The molecule has 0 aromatic carbocycles. The highest BCUT2D eigenvalue weighted by atomic mass is 35.5. The van der Waals surface area contributed by atoms with Gasteiger partial charge in [0, 0.05) is 12.5 Å². The first-order chi connectivity index (χ1) is 7.20. The van der Waals surface area contributed by atoms with Gasteiger partial charge in [-0.05, 0) is 18.5 Å². The van der Waals surface area contributed by atoms with Crippen LogP contribution < -0.4 is 0 Å². The Labute approximate surface area is 77.5 Å². The molecule has 0 aliphatic heterocycles. The first kappa shape index (κ1) is 3.55. The maximum atomic E-state index is 8.59. The van der Waals surface area contributed by atoms with Crippen LogP contribution in [-0.4, -0.2) is 4.98 Å². The Bertz CT molecular complexity index is 449. The highest BCUT2D eigenvalue weighted by Crippen LogP contribution is 2.12. The van der Waals surface area contributed by atoms with E-state index in [1.807, 2.05) is 0 Å². The van der Waals surface area contributed by atoms with Gasteiger partial charge in [0.15, 0.2) is 0 Å². The van der Waals surface area contributed by atoms with Crippen LogP contribution in [0.15, 0.2) is 12.1 Å². The Morgan fingerprint density at radius 1 is 1.91 bits per heavy atom. The summed E-state index contributed by atoms with van der Waals surface area (Å²) in [5, 5.41) is 8.39. The highest BCUT2D eigenvalue weighted by molar-refractivity contribution is 6.30. The van der Waals surface area contributed by atoms with Crippen LogP contribution in [-0.2, 0) is 6.37 Å². The van der Waals surface area contributed by atoms with Gasteiger partial charge in [-0.2, -0.15) is 5.26 Å². The van der Waals surface area contributed by atoms with Crippen LogP contribution >= 0.6 is 11.6 Å². The molecule has 0 amide bonds. The summed E-state index contributed by atoms with van der Waals surface area (Å²) in [6.07, 6.45) is -2.59. The van der Waals surface area contributed by atoms with Gasteiger partial charge in [0.2, 0.25) is 0 Å². The Balaban J connectivity index is 3.27. The zero-order valence-electron chi connectivity index (χ0n) is 10.4. The molecule has 0 unspecified atom stereocenters. The van der Waals surface area contributed by atoms with Crippen LogP contribution in [0, 0.1) is 11.3 Å². The molecule has 1 rings (SSSR count). The van der Waals surface area contributed by atoms with Crippen LogP contribution in [0.3, 0.4) is 0 Å². The zero-order valence-corrected chi connectivity index (χ0v) is 6.18. The molecule has 0 N–H and O–H groups in total. The summed E-state index contributed by atoms with van der Waals surface area (Å²) in [6.45, 7) is -2.84. The molecule has 0 saturated carbocycles. The van der Waals surface area contributed by atoms with E-state index in [2.05, 4.69) is 4.98 Å². The second kappa shape index (κ2) is 3.36. The topological polar surface area (TPSA) is 36.7 Å². The van der Waals surface area contributed by atoms with Gasteiger partial charge in [0.1, 0.15) is 11.2 Å². The summed E-state index contributed by atoms with van der Waals surface area (Å²) in [7, 11) is 0. The number of nitriles is 1. The lowest BCUT2D eigenvalue weighted by Crippen LogP contribution is -1.88. The van der Waals surface area contributed by atoms with Crippen molar-refractivity contribution < 1.29 is 6.85 Å². The molecule has 0 bridgehead atoms. The molecule has 0 aliphatic carbocycles. The van der Waals surface area contributed by atoms with E-state index in [-0.39, 0.29) is 16.4 Å². The molecular formula is C8H7ClN2. The number of nitrogens with zero attached hydrogens (tertiary/aromatic N) is 2. The third kappa shape index (κ3) is 1.69. The van der Waals surface area contributed by atoms with E-state index in [9.17, 15) is 0 Å². The highest BCUT2D eigenvalue weighted by Gasteiger charge is 1.99. The van der Waals surface area contributed by atoms with Gasteiger partial charge in [0.05, 0.1) is 5.56 Å². The minimum absolute atomic E-state index is 0.0757. The van der Waals surface area contributed by atoms with Crippen molar-refractivity contribution in [3.63, 3.8) is 0 Å². The quantitative estimate of drug-likeness (QED) is 0.608. The van der Waals surface area contributed by atoms with Gasteiger partial charge < -0.3 is 0 Å². The summed E-state index contributed by atoms with van der Waals surface area (Å²) in [5.41, 5.74) is -0.233. The van der Waals surface area contributed by atoms with E-state index in [1.54, 1.807) is 6.07 Å². The van der Waals surface area contributed by atoms with Gasteiger partial charge in [-0.1, -0.05) is 18.5 Å². The van der Waals surface area contributed by atoms with Crippen LogP contribution in [0.25, 0.3) is 0 Å². The first-order valence-electron chi connectivity index (χ1n) is 5.27. The van der Waals surface area contributed by atoms with E-state index in [1.165, 1.54) is 6.07 Å². The number of halogens is 1. The maximum absolute atomic E-state index is 8.59. The Kier molecular flexibility index (Phi) is 1.08. The van der Waals surface area contributed by atoms with Gasteiger partial charge in [-0.15, -0.1) is 0 Å². The molecule has 1 aromatic rings. The molecule has 2 nitrogen and oxygen atoms in total. The smallest absolute Gasteiger partial charge is 0.147 e. The van der Waals surface area contributed by atoms with Crippen molar-refractivity contribution in [3.05, 3.63) is 28.5 Å². The number of pyridine rings is 1. The van der Waals surface area contributed by atoms with Gasteiger partial charge in [-0.25, -0.2) is 4.98 Å². The van der Waals surface area contributed by atoms with Crippen LogP contribution in [0.2, 0.25) is 5.15 Å². The molecule has 0 aliphatic rings. The monoisotopic (exact) mass is 171 g/mol. The van der Waals surface area contributed by atoms with Crippen molar-refractivity contribution in [2.45, 2.75) is 13.2 Å². The summed E-state index contributed by atoms with van der Waals surface area (Å²) >= 11 is 5.60. The van der Waals surface area contributed by atoms with E-state index in [4.69, 9.17) is 23.7 Å². The lowest BCUT2D eigenvalue weighted by Gasteiger charge is -1.96. The number of aryl methyl sites for hydroxylation is 1. The lowest BCUT2D eigenvalue weighted by atomic mass is 10.2. The molecule has 0 radical (unpaired) electrons. The summed E-state index contributed by atoms with van der Waals surface area (Å²) in [4.78, 5) is 3.59. The van der Waals surface area contributed by atoms with E-state index >= 15 is 0 Å². The second-order valence-corrected chi connectivity index (χ2v) is 2.13. The maximum Gasteiger partial charge on any atom is 0.147 e. The molecule has 0 spiro atoms. The average molecular weight is 172 g/mol. The largest absolute Gasteiger partial charge is 0.240 e. The zero-order chi connectivity index (χ0) is 12.6. The van der Waals surface area contributed by atoms with E-state index in [0.717, 1.165) is 6.07 Å². The summed E-state index contributed by atoms with van der Waals surface area (Å²) in [5.74, 6) is 0. The molecule has 1 aromatic heterocycles. The van der Waals surface area contributed by atoms with Gasteiger partial charge in [0.25, 0.3) is 0 Å². The molecule has 0 atom stereocenters. The van der Waals surface area contributed by atoms with E-state index in [0.29, 0.717) is 0 Å². The fourth-order valence-corrected chi connectivity index (χ4v) is 0.784. The molecule has 1 heterocycles. The molecular weight excluding hydrogens is 160 g/mol. The number of hydrogen-bond acceptors (Lipinski definition) is 2. The van der Waals surface area contributed by atoms with Crippen LogP contribution in [0.5, 0.6) is 0 Å². The Morgan fingerprint density at radius 2 is 2.73 bits per heavy atom. The standard InChI is InChI=1S/C8H7ClN2/c1-2-7-4-3-6(5-10)8(9)11-7/h3-4H,2H2,1H3/i1D3,2D2. The second-order valence-electron chi connectivity index (χ2n) is 1.77. The fraction of sp³-hybridized carbons (Fsp3) is 0.250. The first-order valence-corrected chi connectivity index (χ1v) is 3.15. The van der Waals surface area contributed by atoms with Crippen LogP contribution in [0.4, 0.5) is 0 Å². The van der Waals surface area contributed by atoms with Crippen molar-refractivity contribution in [2.24, 2.45) is 0 Å². The van der Waals surface area contributed by atoms with Crippen LogP contribution in [0.1, 0.15) is 25.0 Å². The third-order valence-electron chi connectivity index (χ3n) is 1.10. The minimum atomic E-state index is -2.84. The molecule has 3 heteroatoms. The van der Waals surface area contributed by atoms with Crippen molar-refractivity contribution in [1.82, 2.24) is 4.98 Å². The number of hydrogen-bond donors (Lipinski definition) is 0. The SMILES string of the molecule is [2H]C([2H])([2H])C([2H])([2H])c1ccc(C#N)c(Cl)n1. The molecule has 56 valence electrons. The molecule has 0 fully saturated rings. The molecule has 0 saturated heterocycles. The predicted octanol–water partition coefficient (Wildman–Crippen LogP) is 2.17. The van der Waals surface area contributed by atoms with E-state index < -0.39 is 13.2 Å². The predicted molar refractivity (Wildman–Crippen MR) is 43.3 cm³/mol. The summed E-state index contributed by atoms with van der Waals surface area (Å²) in [6, 6.07) is 4.15. The van der Waals surface area contributed by atoms with Gasteiger partial charge >= 0.3 is 0 Å². The minimum Gasteiger partial charge on any atom is -0.240 e. The molecule has 11 heavy (non-hydrogen) atoms. The number of aromatic nitrogens is 1. The van der Waals surface area contributed by atoms with Gasteiger partial charge in [-0.3, -0.25) is 0 Å². The fourth-order valence-electron chi connectivity index (χ4n) is 0.587. The Morgan fingerprint density at radius 3 is 3.27 bits per heavy atom. The van der Waals surface area contributed by atoms with Crippen molar-refractivity contribution >= 4 is 11.6 Å². The van der Waals surface area contributed by atoms with Crippen molar-refractivity contribution in [1.29, 1.82) is 5.26 Å². The van der Waals surface area contributed by atoms with Crippen molar-refractivity contribution in [2.75, 3.05) is 0 Å².